The Hall–Kier alpha value is -2.26. The summed E-state index contributed by atoms with van der Waals surface area (Å²) in [6, 6.07) is 9.91. The minimum absolute atomic E-state index is 0.0899. The lowest BCUT2D eigenvalue weighted by atomic mass is 10.2. The highest BCUT2D eigenvalue weighted by Gasteiger charge is 2.35. The molecule has 26 heavy (non-hydrogen) atoms. The minimum atomic E-state index is -0.740. The zero-order chi connectivity index (χ0) is 18.1. The van der Waals surface area contributed by atoms with Crippen molar-refractivity contribution in [3.63, 3.8) is 0 Å². The normalized spacial score (nSPS) is 22.8. The second kappa shape index (κ2) is 7.16. The molecule has 2 aromatic heterocycles. The maximum absolute atomic E-state index is 9.96. The van der Waals surface area contributed by atoms with Crippen molar-refractivity contribution >= 4 is 28.6 Å². The van der Waals surface area contributed by atoms with Gasteiger partial charge >= 0.3 is 0 Å². The summed E-state index contributed by atoms with van der Waals surface area (Å²) < 4.78 is 7.39. The van der Waals surface area contributed by atoms with Crippen molar-refractivity contribution in [2.24, 2.45) is 0 Å². The molecule has 0 bridgehead atoms. The molecule has 8 nitrogen and oxygen atoms in total. The highest BCUT2D eigenvalue weighted by Crippen LogP contribution is 2.32. The van der Waals surface area contributed by atoms with Crippen molar-refractivity contribution in [2.75, 3.05) is 11.9 Å². The summed E-state index contributed by atoms with van der Waals surface area (Å²) in [6.07, 6.45) is 0.0898. The first-order chi connectivity index (χ1) is 12.7. The molecule has 3 aromatic rings. The third kappa shape index (κ3) is 3.24. The summed E-state index contributed by atoms with van der Waals surface area (Å²) in [5.41, 5.74) is 2.18. The van der Waals surface area contributed by atoms with Gasteiger partial charge in [0, 0.05) is 13.0 Å². The fourth-order valence-electron chi connectivity index (χ4n) is 3.06. The number of ether oxygens (including phenoxy) is 1. The lowest BCUT2D eigenvalue weighted by molar-refractivity contribution is -0.0432. The van der Waals surface area contributed by atoms with E-state index in [0.717, 1.165) is 5.56 Å². The largest absolute Gasteiger partial charge is 0.394 e. The standard InChI is InChI=1S/C17H18ClN5O3/c18-17-21-15(19-7-10-4-2-1-3-5-10)14-16(22-17)23(9-20-14)13-6-11(25)12(8-24)26-13/h1-5,9,11-13,24-25H,6-8H2,(H,19,21,22). The molecule has 0 amide bonds. The van der Waals surface area contributed by atoms with Gasteiger partial charge in [0.05, 0.1) is 19.0 Å². The predicted octanol–water partition coefficient (Wildman–Crippen LogP) is 1.73. The van der Waals surface area contributed by atoms with Crippen molar-refractivity contribution in [1.29, 1.82) is 0 Å². The van der Waals surface area contributed by atoms with Crippen molar-refractivity contribution < 1.29 is 14.9 Å². The number of aromatic nitrogens is 4. The Morgan fingerprint density at radius 1 is 1.27 bits per heavy atom. The van der Waals surface area contributed by atoms with Crippen LogP contribution in [0.15, 0.2) is 36.7 Å². The predicted molar refractivity (Wildman–Crippen MR) is 95.7 cm³/mol. The van der Waals surface area contributed by atoms with Crippen LogP contribution >= 0.6 is 11.6 Å². The average molecular weight is 376 g/mol. The van der Waals surface area contributed by atoms with Crippen LogP contribution in [-0.4, -0.2) is 48.5 Å². The molecule has 1 fully saturated rings. The zero-order valence-electron chi connectivity index (χ0n) is 13.8. The summed E-state index contributed by atoms with van der Waals surface area (Å²) in [7, 11) is 0. The van der Waals surface area contributed by atoms with Crippen molar-refractivity contribution in [3.05, 3.63) is 47.5 Å². The van der Waals surface area contributed by atoms with Crippen LogP contribution in [0.3, 0.4) is 0 Å². The third-order valence-electron chi connectivity index (χ3n) is 4.39. The fraction of sp³-hybridized carbons (Fsp3) is 0.353. The molecule has 3 unspecified atom stereocenters. The Kier molecular flexibility index (Phi) is 4.73. The molecule has 0 spiro atoms. The van der Waals surface area contributed by atoms with Gasteiger partial charge in [-0.15, -0.1) is 0 Å². The summed E-state index contributed by atoms with van der Waals surface area (Å²) in [5.74, 6) is 0.528. The number of aliphatic hydroxyl groups is 2. The van der Waals surface area contributed by atoms with Gasteiger partial charge in [0.25, 0.3) is 0 Å². The van der Waals surface area contributed by atoms with Gasteiger partial charge in [-0.25, -0.2) is 4.98 Å². The number of halogens is 1. The summed E-state index contributed by atoms with van der Waals surface area (Å²) in [4.78, 5) is 12.9. The van der Waals surface area contributed by atoms with Gasteiger partial charge in [0.1, 0.15) is 12.3 Å². The topological polar surface area (TPSA) is 105 Å². The highest BCUT2D eigenvalue weighted by molar-refractivity contribution is 6.28. The fourth-order valence-corrected chi connectivity index (χ4v) is 3.22. The number of anilines is 1. The lowest BCUT2D eigenvalue weighted by Gasteiger charge is -2.14. The first-order valence-corrected chi connectivity index (χ1v) is 8.65. The smallest absolute Gasteiger partial charge is 0.226 e. The van der Waals surface area contributed by atoms with Crippen LogP contribution in [0.25, 0.3) is 11.2 Å². The SMILES string of the molecule is OCC1OC(n2cnc3c(NCc4ccccc4)nc(Cl)nc32)CC1O. The number of hydrogen-bond acceptors (Lipinski definition) is 7. The maximum atomic E-state index is 9.96. The number of hydrogen-bond donors (Lipinski definition) is 3. The molecule has 3 atom stereocenters. The molecule has 0 radical (unpaired) electrons. The zero-order valence-corrected chi connectivity index (χ0v) is 14.5. The first-order valence-electron chi connectivity index (χ1n) is 8.28. The number of rotatable bonds is 5. The number of imidazole rings is 1. The van der Waals surface area contributed by atoms with Crippen LogP contribution in [0.2, 0.25) is 5.28 Å². The molecule has 9 heteroatoms. The lowest BCUT2D eigenvalue weighted by Crippen LogP contribution is -2.24. The molecule has 1 aliphatic rings. The van der Waals surface area contributed by atoms with E-state index < -0.39 is 18.4 Å². The molecule has 1 saturated heterocycles. The van der Waals surface area contributed by atoms with Crippen LogP contribution in [0.4, 0.5) is 5.82 Å². The molecule has 1 aliphatic heterocycles. The number of benzene rings is 1. The average Bonchev–Trinajstić information content (AvgIpc) is 3.23. The van der Waals surface area contributed by atoms with E-state index in [1.807, 2.05) is 30.3 Å². The molecule has 4 rings (SSSR count). The van der Waals surface area contributed by atoms with E-state index in [4.69, 9.17) is 16.3 Å². The number of nitrogens with one attached hydrogen (secondary N) is 1. The van der Waals surface area contributed by atoms with Gasteiger partial charge in [-0.05, 0) is 17.2 Å². The first kappa shape index (κ1) is 17.2. The Bertz CT molecular complexity index is 904. The maximum Gasteiger partial charge on any atom is 0.226 e. The van der Waals surface area contributed by atoms with Gasteiger partial charge in [0.2, 0.25) is 5.28 Å². The summed E-state index contributed by atoms with van der Waals surface area (Å²) >= 11 is 6.09. The molecule has 0 saturated carbocycles. The second-order valence-corrected chi connectivity index (χ2v) is 6.46. The number of nitrogens with zero attached hydrogens (tertiary/aromatic N) is 4. The van der Waals surface area contributed by atoms with Crippen LogP contribution < -0.4 is 5.32 Å². The monoisotopic (exact) mass is 375 g/mol. The molecule has 3 heterocycles. The molecule has 1 aromatic carbocycles. The van der Waals surface area contributed by atoms with Gasteiger partial charge in [-0.3, -0.25) is 4.57 Å². The van der Waals surface area contributed by atoms with Gasteiger partial charge in [-0.1, -0.05) is 30.3 Å². The van der Waals surface area contributed by atoms with Crippen molar-refractivity contribution in [3.8, 4) is 0 Å². The Balaban J connectivity index is 1.63. The minimum Gasteiger partial charge on any atom is -0.394 e. The summed E-state index contributed by atoms with van der Waals surface area (Å²) in [5, 5.41) is 22.6. The molecular formula is C17H18ClN5O3. The quantitative estimate of drug-likeness (QED) is 0.583. The van der Waals surface area contributed by atoms with Crippen LogP contribution in [0, 0.1) is 0 Å². The summed E-state index contributed by atoms with van der Waals surface area (Å²) in [6.45, 7) is 0.325. The van der Waals surface area contributed by atoms with E-state index in [9.17, 15) is 10.2 Å². The van der Waals surface area contributed by atoms with Crippen LogP contribution in [0.5, 0.6) is 0 Å². The Morgan fingerprint density at radius 3 is 2.81 bits per heavy atom. The highest BCUT2D eigenvalue weighted by atomic mass is 35.5. The molecular weight excluding hydrogens is 358 g/mol. The Morgan fingerprint density at radius 2 is 2.08 bits per heavy atom. The third-order valence-corrected chi connectivity index (χ3v) is 4.56. The second-order valence-electron chi connectivity index (χ2n) is 6.12. The van der Waals surface area contributed by atoms with Crippen LogP contribution in [-0.2, 0) is 11.3 Å². The van der Waals surface area contributed by atoms with Gasteiger partial charge < -0.3 is 20.3 Å². The van der Waals surface area contributed by atoms with E-state index in [0.29, 0.717) is 29.9 Å². The molecule has 136 valence electrons. The van der Waals surface area contributed by atoms with Crippen LogP contribution in [0.1, 0.15) is 18.2 Å². The van der Waals surface area contributed by atoms with E-state index in [1.54, 1.807) is 10.9 Å². The molecule has 3 N–H and O–H groups in total. The van der Waals surface area contributed by atoms with Crippen molar-refractivity contribution in [1.82, 2.24) is 19.5 Å². The molecule has 0 aliphatic carbocycles. The van der Waals surface area contributed by atoms with Gasteiger partial charge in [-0.2, -0.15) is 9.97 Å². The van der Waals surface area contributed by atoms with Crippen molar-refractivity contribution in [2.45, 2.75) is 31.4 Å². The Labute approximate surface area is 154 Å². The van der Waals surface area contributed by atoms with E-state index in [1.165, 1.54) is 0 Å². The number of fused-ring (bicyclic) bond motifs is 1. The van der Waals surface area contributed by atoms with Gasteiger partial charge in [0.15, 0.2) is 17.0 Å². The van der Waals surface area contributed by atoms with E-state index in [-0.39, 0.29) is 11.9 Å². The van der Waals surface area contributed by atoms with E-state index >= 15 is 0 Å². The number of aliphatic hydroxyl groups excluding tert-OH is 2. The van der Waals surface area contributed by atoms with E-state index in [2.05, 4.69) is 20.3 Å².